The maximum absolute atomic E-state index is 15.9. The normalized spacial score (nSPS) is 19.6. The molecule has 19 heteroatoms. The highest BCUT2D eigenvalue weighted by atomic mass is 32.2. The Morgan fingerprint density at radius 1 is 0.850 bits per heavy atom. The van der Waals surface area contributed by atoms with Gasteiger partial charge in [0.05, 0.1) is 16.7 Å². The van der Waals surface area contributed by atoms with Crippen LogP contribution in [0.25, 0.3) is 11.0 Å². The number of nitrogens with one attached hydrogen (secondary N) is 1. The van der Waals surface area contributed by atoms with Crippen LogP contribution in [0.3, 0.4) is 0 Å². The van der Waals surface area contributed by atoms with Crippen LogP contribution in [-0.2, 0) is 20.5 Å². The summed E-state index contributed by atoms with van der Waals surface area (Å²) in [6, 6.07) is 10.8. The van der Waals surface area contributed by atoms with Crippen LogP contribution in [0.4, 0.5) is 30.7 Å². The van der Waals surface area contributed by atoms with Crippen LogP contribution in [0.15, 0.2) is 63.8 Å². The van der Waals surface area contributed by atoms with Crippen molar-refractivity contribution in [3.05, 3.63) is 133 Å². The number of amides is 1. The van der Waals surface area contributed by atoms with Gasteiger partial charge >= 0.3 is 27.2 Å². The first-order valence-corrected chi connectivity index (χ1v) is 19.6. The van der Waals surface area contributed by atoms with Crippen molar-refractivity contribution in [2.75, 3.05) is 0 Å². The van der Waals surface area contributed by atoms with Gasteiger partial charge < -0.3 is 23.4 Å². The van der Waals surface area contributed by atoms with Crippen LogP contribution in [-0.4, -0.2) is 37.6 Å². The summed E-state index contributed by atoms with van der Waals surface area (Å²) in [6.45, 7) is 2.80. The van der Waals surface area contributed by atoms with E-state index in [1.54, 1.807) is 12.1 Å². The Morgan fingerprint density at radius 3 is 2.20 bits per heavy atom. The Labute approximate surface area is 334 Å². The highest BCUT2D eigenvalue weighted by molar-refractivity contribution is 7.88. The number of aryl methyl sites for hydroxylation is 1. The lowest BCUT2D eigenvalue weighted by molar-refractivity contribution is -0.0502. The minimum absolute atomic E-state index is 0.0105. The van der Waals surface area contributed by atoms with Crippen molar-refractivity contribution in [3.8, 4) is 17.2 Å². The summed E-state index contributed by atoms with van der Waals surface area (Å²) in [4.78, 5) is 52.8. The molecule has 1 fully saturated rings. The van der Waals surface area contributed by atoms with E-state index in [0.717, 1.165) is 24.6 Å². The lowest BCUT2D eigenvalue weighted by Gasteiger charge is -2.37. The summed E-state index contributed by atoms with van der Waals surface area (Å²) in [5.74, 6) is -13.7. The molecule has 2 aliphatic heterocycles. The molecular weight excluding hydrogens is 832 g/mol. The molecule has 1 amide bonds. The molecular formula is C41H28F7NO10S. The second-order valence-corrected chi connectivity index (χ2v) is 16.3. The third kappa shape index (κ3) is 6.54. The predicted molar refractivity (Wildman–Crippen MR) is 194 cm³/mol. The van der Waals surface area contributed by atoms with E-state index >= 15 is 17.6 Å². The first kappa shape index (κ1) is 40.5. The van der Waals surface area contributed by atoms with Gasteiger partial charge in [0, 0.05) is 34.5 Å². The van der Waals surface area contributed by atoms with E-state index in [0.29, 0.717) is 42.7 Å². The molecule has 0 saturated heterocycles. The SMILES string of the molecule is Cc1ccc2cc(C(=O)NC3CCC(CC(=O)c4ccc5c(c4)C(=O)OC54c5cc(F)c(C)c(F)c5Oc5c4cc(F)c(OS(=O)(=O)C(F)(F)F)c5F)CC3)c(=O)oc2c1. The standard InChI is InChI=1S/C41H28F7NO10S/c1-17-3-6-21-14-24(38(52)56-31(21)11-17)37(51)49-22-8-4-19(5-9-22)12-30(50)20-7-10-25-23(13-20)39(53)58-40(25)26-15-28(42)18(2)32(44)34(26)57-35-27(40)16-29(43)36(33(35)45)59-60(54,55)41(46,47)48/h3,6-7,10-11,13-16,19,22H,4-5,8-9,12H2,1-2H3,(H,49,51). The molecule has 1 N–H and O–H groups in total. The zero-order valence-corrected chi connectivity index (χ0v) is 31.8. The summed E-state index contributed by atoms with van der Waals surface area (Å²) in [6.07, 6.45) is 1.92. The number of fused-ring (bicyclic) bond motifs is 7. The number of alkyl halides is 3. The van der Waals surface area contributed by atoms with E-state index in [4.69, 9.17) is 13.9 Å². The van der Waals surface area contributed by atoms with Crippen molar-refractivity contribution in [1.82, 2.24) is 5.32 Å². The maximum Gasteiger partial charge on any atom is 0.534 e. The van der Waals surface area contributed by atoms with Gasteiger partial charge in [0.2, 0.25) is 11.6 Å². The molecule has 3 aliphatic rings. The third-order valence-corrected chi connectivity index (χ3v) is 11.9. The molecule has 11 nitrogen and oxygen atoms in total. The zero-order chi connectivity index (χ0) is 43.2. The van der Waals surface area contributed by atoms with Crippen molar-refractivity contribution in [2.45, 2.75) is 63.1 Å². The minimum Gasteiger partial charge on any atom is -0.450 e. The van der Waals surface area contributed by atoms with E-state index in [1.807, 2.05) is 13.0 Å². The highest BCUT2D eigenvalue weighted by Crippen LogP contribution is 2.59. The predicted octanol–water partition coefficient (Wildman–Crippen LogP) is 8.32. The monoisotopic (exact) mass is 859 g/mol. The number of ketones is 1. The smallest absolute Gasteiger partial charge is 0.450 e. The molecule has 4 aromatic carbocycles. The molecule has 3 heterocycles. The number of carbonyl (C=O) groups excluding carboxylic acids is 3. The van der Waals surface area contributed by atoms with E-state index in [9.17, 15) is 40.8 Å². The number of hydrogen-bond acceptors (Lipinski definition) is 10. The fraction of sp³-hybridized carbons (Fsp3) is 0.268. The lowest BCUT2D eigenvalue weighted by Crippen LogP contribution is -2.39. The first-order valence-electron chi connectivity index (χ1n) is 18.2. The molecule has 1 aliphatic carbocycles. The fourth-order valence-electron chi connectivity index (χ4n) is 7.85. The van der Waals surface area contributed by atoms with Crippen molar-refractivity contribution in [3.63, 3.8) is 0 Å². The number of benzene rings is 4. The summed E-state index contributed by atoms with van der Waals surface area (Å²) < 4.78 is 145. The van der Waals surface area contributed by atoms with Crippen molar-refractivity contribution in [1.29, 1.82) is 0 Å². The van der Waals surface area contributed by atoms with E-state index in [1.165, 1.54) is 12.1 Å². The Balaban J connectivity index is 1.05. The molecule has 1 saturated carbocycles. The molecule has 1 unspecified atom stereocenters. The Kier molecular flexibility index (Phi) is 9.60. The lowest BCUT2D eigenvalue weighted by atomic mass is 9.76. The number of ether oxygens (including phenoxy) is 2. The zero-order valence-electron chi connectivity index (χ0n) is 31.0. The average molecular weight is 860 g/mol. The molecule has 0 bridgehead atoms. The summed E-state index contributed by atoms with van der Waals surface area (Å²) >= 11 is 0. The van der Waals surface area contributed by atoms with Crippen LogP contribution >= 0.6 is 0 Å². The van der Waals surface area contributed by atoms with Crippen molar-refractivity contribution >= 4 is 38.7 Å². The van der Waals surface area contributed by atoms with Gasteiger partial charge in [-0.3, -0.25) is 9.59 Å². The quantitative estimate of drug-likeness (QED) is 0.0422. The van der Waals surface area contributed by atoms with E-state index in [2.05, 4.69) is 9.50 Å². The number of Topliss-reactive ketones (excluding diaryl/α,β-unsaturated/α-hetero) is 1. The average Bonchev–Trinajstić information content (AvgIpc) is 3.48. The van der Waals surface area contributed by atoms with Crippen LogP contribution in [0, 0.1) is 43.0 Å². The summed E-state index contributed by atoms with van der Waals surface area (Å²) in [5, 5.41) is 3.43. The Morgan fingerprint density at radius 2 is 1.52 bits per heavy atom. The highest BCUT2D eigenvalue weighted by Gasteiger charge is 2.57. The third-order valence-electron chi connectivity index (χ3n) is 11.0. The molecule has 1 spiro atoms. The van der Waals surface area contributed by atoms with Crippen LogP contribution < -0.4 is 19.9 Å². The van der Waals surface area contributed by atoms with E-state index < -0.39 is 102 Å². The molecule has 1 atom stereocenters. The van der Waals surface area contributed by atoms with Gasteiger partial charge in [0.25, 0.3) is 5.91 Å². The summed E-state index contributed by atoms with van der Waals surface area (Å²) in [7, 11) is -6.65. The largest absolute Gasteiger partial charge is 0.534 e. The molecule has 312 valence electrons. The molecule has 5 aromatic rings. The van der Waals surface area contributed by atoms with Crippen LogP contribution in [0.2, 0.25) is 0 Å². The van der Waals surface area contributed by atoms with Gasteiger partial charge in [-0.1, -0.05) is 24.3 Å². The van der Waals surface area contributed by atoms with Gasteiger partial charge in [-0.2, -0.15) is 26.0 Å². The Hall–Kier alpha value is -6.24. The van der Waals surface area contributed by atoms with Gasteiger partial charge in [0.15, 0.2) is 34.5 Å². The number of halogens is 7. The maximum atomic E-state index is 15.9. The first-order chi connectivity index (χ1) is 28.2. The van der Waals surface area contributed by atoms with Crippen LogP contribution in [0.1, 0.15) is 91.0 Å². The topological polar surface area (TPSA) is 155 Å². The van der Waals surface area contributed by atoms with Gasteiger partial charge in [-0.25, -0.2) is 22.8 Å². The second kappa shape index (κ2) is 14.2. The molecule has 60 heavy (non-hydrogen) atoms. The molecule has 0 radical (unpaired) electrons. The fourth-order valence-corrected chi connectivity index (χ4v) is 8.32. The van der Waals surface area contributed by atoms with E-state index in [-0.39, 0.29) is 46.7 Å². The Bertz CT molecular complexity index is 2890. The number of hydrogen-bond donors (Lipinski definition) is 1. The van der Waals surface area contributed by atoms with Gasteiger partial charge in [0.1, 0.15) is 17.0 Å². The number of carbonyl (C=O) groups is 3. The number of rotatable bonds is 7. The van der Waals surface area contributed by atoms with Gasteiger partial charge in [-0.05, 0) is 81.3 Å². The van der Waals surface area contributed by atoms with Crippen LogP contribution in [0.5, 0.6) is 17.2 Å². The van der Waals surface area contributed by atoms with Crippen molar-refractivity contribution in [2.24, 2.45) is 5.92 Å². The number of esters is 1. The summed E-state index contributed by atoms with van der Waals surface area (Å²) in [5.41, 5.74) is -11.3. The molecule has 8 rings (SSSR count). The molecule has 1 aromatic heterocycles. The minimum atomic E-state index is -6.65. The van der Waals surface area contributed by atoms with Gasteiger partial charge in [-0.15, -0.1) is 0 Å². The second-order valence-electron chi connectivity index (χ2n) is 14.8. The van der Waals surface area contributed by atoms with Crippen molar-refractivity contribution < 1.29 is 71.6 Å².